The van der Waals surface area contributed by atoms with Gasteiger partial charge in [0.25, 0.3) is 10.0 Å². The van der Waals surface area contributed by atoms with Crippen LogP contribution >= 0.6 is 0 Å². The van der Waals surface area contributed by atoms with E-state index in [1.165, 1.54) is 12.1 Å². The number of aryl methyl sites for hydroxylation is 1. The lowest BCUT2D eigenvalue weighted by molar-refractivity contribution is 0.0576. The molecule has 1 aliphatic heterocycles. The molecule has 1 aliphatic rings. The van der Waals surface area contributed by atoms with Crippen LogP contribution in [0, 0.1) is 6.92 Å². The van der Waals surface area contributed by atoms with Gasteiger partial charge in [-0.25, -0.2) is 13.2 Å². The fourth-order valence-electron chi connectivity index (χ4n) is 3.59. The average Bonchev–Trinajstić information content (AvgIpc) is 2.79. The Morgan fingerprint density at radius 3 is 2.16 bits per heavy atom. The van der Waals surface area contributed by atoms with Crippen molar-refractivity contribution in [1.82, 2.24) is 4.31 Å². The Hall–Kier alpha value is -3.38. The van der Waals surface area contributed by atoms with Crippen LogP contribution in [0.5, 0.6) is 0 Å². The maximum Gasteiger partial charge on any atom is 0.424 e. The maximum atomic E-state index is 13.2. The molecule has 0 aliphatic carbocycles. The smallest absolute Gasteiger partial charge is 0.424 e. The van der Waals surface area contributed by atoms with Crippen LogP contribution in [0.4, 0.5) is 4.79 Å². The Bertz CT molecular complexity index is 1170. The van der Waals surface area contributed by atoms with Crippen molar-refractivity contribution in [1.29, 1.82) is 0 Å². The third kappa shape index (κ3) is 4.54. The van der Waals surface area contributed by atoms with Crippen LogP contribution in [-0.2, 0) is 14.8 Å². The minimum atomic E-state index is -4.02. The van der Waals surface area contributed by atoms with Crippen LogP contribution in [0.15, 0.2) is 95.9 Å². The summed E-state index contributed by atoms with van der Waals surface area (Å²) >= 11 is 0. The van der Waals surface area contributed by atoms with Gasteiger partial charge in [0.2, 0.25) is 0 Å². The van der Waals surface area contributed by atoms with Crippen molar-refractivity contribution >= 4 is 22.2 Å². The third-order valence-corrected chi connectivity index (χ3v) is 7.06. The number of sulfonamides is 1. The highest BCUT2D eigenvalue weighted by Crippen LogP contribution is 2.32. The van der Waals surface area contributed by atoms with Crippen LogP contribution in [0.1, 0.15) is 22.6 Å². The van der Waals surface area contributed by atoms with Gasteiger partial charge in [-0.15, -0.1) is 0 Å². The lowest BCUT2D eigenvalue weighted by atomic mass is 9.91. The molecule has 2 atom stereocenters. The molecular weight excluding hydrogens is 410 g/mol. The number of hydrogen-bond donors (Lipinski definition) is 0. The summed E-state index contributed by atoms with van der Waals surface area (Å²) in [4.78, 5) is 12.8. The van der Waals surface area contributed by atoms with E-state index >= 15 is 0 Å². The second-order valence-corrected chi connectivity index (χ2v) is 9.35. The average molecular weight is 434 g/mol. The molecule has 5 nitrogen and oxygen atoms in total. The van der Waals surface area contributed by atoms with E-state index < -0.39 is 22.2 Å². The molecule has 3 aromatic carbocycles. The molecule has 6 heteroatoms. The van der Waals surface area contributed by atoms with Gasteiger partial charge < -0.3 is 4.74 Å². The summed E-state index contributed by atoms with van der Waals surface area (Å²) in [5, 5.41) is 0. The molecule has 0 unspecified atom stereocenters. The first-order valence-corrected chi connectivity index (χ1v) is 11.5. The topological polar surface area (TPSA) is 63.7 Å². The SMILES string of the molecule is Cc1ccc(S(=O)(=O)N2C[C@@H](c3ccccc3)[C@H](/C=C/c3ccccc3)OC2=O)cc1. The highest BCUT2D eigenvalue weighted by Gasteiger charge is 2.41. The Morgan fingerprint density at radius 1 is 0.903 bits per heavy atom. The van der Waals surface area contributed by atoms with Gasteiger partial charge in [0.05, 0.1) is 11.4 Å². The van der Waals surface area contributed by atoms with Crippen molar-refractivity contribution in [3.63, 3.8) is 0 Å². The van der Waals surface area contributed by atoms with Crippen LogP contribution in [0.3, 0.4) is 0 Å². The zero-order valence-electron chi connectivity index (χ0n) is 17.1. The molecule has 1 fully saturated rings. The predicted molar refractivity (Wildman–Crippen MR) is 120 cm³/mol. The summed E-state index contributed by atoms with van der Waals surface area (Å²) < 4.78 is 32.8. The number of amides is 1. The molecule has 0 radical (unpaired) electrons. The number of ether oxygens (including phenoxy) is 1. The van der Waals surface area contributed by atoms with E-state index in [1.807, 2.05) is 79.7 Å². The van der Waals surface area contributed by atoms with Gasteiger partial charge in [0, 0.05) is 5.92 Å². The predicted octanol–water partition coefficient (Wildman–Crippen LogP) is 5.00. The molecule has 0 saturated carbocycles. The lowest BCUT2D eigenvalue weighted by Gasteiger charge is -2.36. The van der Waals surface area contributed by atoms with Gasteiger partial charge in [-0.3, -0.25) is 0 Å². The Morgan fingerprint density at radius 2 is 1.52 bits per heavy atom. The van der Waals surface area contributed by atoms with Crippen molar-refractivity contribution in [3.8, 4) is 0 Å². The molecule has 0 spiro atoms. The largest absolute Gasteiger partial charge is 0.440 e. The van der Waals surface area contributed by atoms with E-state index in [0.717, 1.165) is 21.0 Å². The summed E-state index contributed by atoms with van der Waals surface area (Å²) in [6.45, 7) is 1.88. The molecule has 1 saturated heterocycles. The Labute approximate surface area is 182 Å². The molecular formula is C25H23NO4S. The number of nitrogens with zero attached hydrogens (tertiary/aromatic N) is 1. The minimum absolute atomic E-state index is 0.00283. The van der Waals surface area contributed by atoms with Gasteiger partial charge >= 0.3 is 6.09 Å². The van der Waals surface area contributed by atoms with E-state index in [9.17, 15) is 13.2 Å². The van der Waals surface area contributed by atoms with E-state index in [1.54, 1.807) is 12.1 Å². The molecule has 1 heterocycles. The number of carbonyl (C=O) groups is 1. The van der Waals surface area contributed by atoms with Crippen LogP contribution < -0.4 is 0 Å². The summed E-state index contributed by atoms with van der Waals surface area (Å²) in [5.41, 5.74) is 2.82. The van der Waals surface area contributed by atoms with Crippen molar-refractivity contribution in [2.24, 2.45) is 0 Å². The third-order valence-electron chi connectivity index (χ3n) is 5.31. The second kappa shape index (κ2) is 8.78. The molecule has 158 valence electrons. The minimum Gasteiger partial charge on any atom is -0.440 e. The summed E-state index contributed by atoms with van der Waals surface area (Å²) in [7, 11) is -4.02. The first-order chi connectivity index (χ1) is 14.9. The molecule has 0 N–H and O–H groups in total. The zero-order valence-corrected chi connectivity index (χ0v) is 17.9. The molecule has 0 bridgehead atoms. The molecule has 0 aromatic heterocycles. The summed E-state index contributed by atoms with van der Waals surface area (Å²) in [6.07, 6.45) is 2.26. The van der Waals surface area contributed by atoms with Gasteiger partial charge in [-0.1, -0.05) is 84.4 Å². The number of cyclic esters (lactones) is 1. The van der Waals surface area contributed by atoms with Crippen molar-refractivity contribution < 1.29 is 17.9 Å². The van der Waals surface area contributed by atoms with Crippen LogP contribution in [-0.4, -0.2) is 31.5 Å². The summed E-state index contributed by atoms with van der Waals surface area (Å²) in [6, 6.07) is 25.7. The van der Waals surface area contributed by atoms with E-state index in [4.69, 9.17) is 4.74 Å². The quantitative estimate of drug-likeness (QED) is 0.568. The van der Waals surface area contributed by atoms with Crippen LogP contribution in [0.25, 0.3) is 6.08 Å². The molecule has 31 heavy (non-hydrogen) atoms. The normalized spacial score (nSPS) is 19.4. The number of benzene rings is 3. The van der Waals surface area contributed by atoms with E-state index in [0.29, 0.717) is 0 Å². The highest BCUT2D eigenvalue weighted by atomic mass is 32.2. The van der Waals surface area contributed by atoms with Crippen LogP contribution in [0.2, 0.25) is 0 Å². The number of hydrogen-bond acceptors (Lipinski definition) is 4. The Balaban J connectivity index is 1.67. The summed E-state index contributed by atoms with van der Waals surface area (Å²) in [5.74, 6) is -0.334. The van der Waals surface area contributed by atoms with Crippen molar-refractivity contribution in [3.05, 3.63) is 108 Å². The van der Waals surface area contributed by atoms with E-state index in [2.05, 4.69) is 0 Å². The fraction of sp³-hybridized carbons (Fsp3) is 0.160. The van der Waals surface area contributed by atoms with Gasteiger partial charge in [-0.2, -0.15) is 4.31 Å². The van der Waals surface area contributed by atoms with Gasteiger partial charge in [-0.05, 0) is 36.3 Å². The van der Waals surface area contributed by atoms with Gasteiger partial charge in [0.1, 0.15) is 6.10 Å². The number of carbonyl (C=O) groups excluding carboxylic acids is 1. The second-order valence-electron chi connectivity index (χ2n) is 7.48. The molecule has 1 amide bonds. The lowest BCUT2D eigenvalue weighted by Crippen LogP contribution is -2.48. The van der Waals surface area contributed by atoms with Crippen molar-refractivity contribution in [2.75, 3.05) is 6.54 Å². The highest BCUT2D eigenvalue weighted by molar-refractivity contribution is 7.89. The number of rotatable bonds is 5. The fourth-order valence-corrected chi connectivity index (χ4v) is 4.92. The van der Waals surface area contributed by atoms with Gasteiger partial charge in [0.15, 0.2) is 0 Å². The standard InChI is InChI=1S/C25H23NO4S/c1-19-12-15-22(16-13-19)31(28,29)26-18-23(21-10-6-3-7-11-21)24(30-25(26)27)17-14-20-8-4-2-5-9-20/h2-17,23-24H,18H2,1H3/b17-14+/t23-,24-/m0/s1. The molecule has 3 aromatic rings. The monoisotopic (exact) mass is 433 g/mol. The first-order valence-electron chi connectivity index (χ1n) is 10.0. The van der Waals surface area contributed by atoms with Crippen molar-refractivity contribution in [2.45, 2.75) is 23.8 Å². The Kier molecular flexibility index (Phi) is 5.91. The maximum absolute atomic E-state index is 13.2. The zero-order chi connectivity index (χ0) is 21.8. The first kappa shape index (κ1) is 20.9. The molecule has 4 rings (SSSR count). The van der Waals surface area contributed by atoms with E-state index in [-0.39, 0.29) is 17.4 Å².